The van der Waals surface area contributed by atoms with Gasteiger partial charge in [0, 0.05) is 25.3 Å². The highest BCUT2D eigenvalue weighted by Crippen LogP contribution is 2.23. The number of carbonyl (C=O) groups excluding carboxylic acids is 1. The van der Waals surface area contributed by atoms with Crippen LogP contribution in [0, 0.1) is 0 Å². The number of hydrogen-bond donors (Lipinski definition) is 0. The molecule has 1 aromatic rings. The van der Waals surface area contributed by atoms with Crippen molar-refractivity contribution in [3.05, 3.63) is 18.0 Å². The summed E-state index contributed by atoms with van der Waals surface area (Å²) in [6.07, 6.45) is 5.57. The molecule has 0 spiro atoms. The molecular weight excluding hydrogens is 230 g/mol. The predicted molar refractivity (Wildman–Crippen MR) is 66.6 cm³/mol. The van der Waals surface area contributed by atoms with Crippen molar-refractivity contribution < 1.29 is 9.53 Å². The standard InChI is InChI=1S/C13H19N3O2/c1-2-16-7-10(6-14-16)13(17)12-8-15-5-3-4-11(15)9-18-12/h6-7,11-12H,2-5,8-9H2,1H3. The van der Waals surface area contributed by atoms with Crippen LogP contribution in [0.15, 0.2) is 12.4 Å². The van der Waals surface area contributed by atoms with Crippen LogP contribution in [0.4, 0.5) is 0 Å². The maximum Gasteiger partial charge on any atom is 0.196 e. The van der Waals surface area contributed by atoms with Crippen LogP contribution in [0.25, 0.3) is 0 Å². The second kappa shape index (κ2) is 4.82. The van der Waals surface area contributed by atoms with Gasteiger partial charge in [0.1, 0.15) is 6.10 Å². The zero-order valence-corrected chi connectivity index (χ0v) is 10.7. The molecule has 5 nitrogen and oxygen atoms in total. The lowest BCUT2D eigenvalue weighted by atomic mass is 10.1. The average molecular weight is 249 g/mol. The van der Waals surface area contributed by atoms with Gasteiger partial charge in [-0.25, -0.2) is 0 Å². The summed E-state index contributed by atoms with van der Waals surface area (Å²) in [6.45, 7) is 5.32. The van der Waals surface area contributed by atoms with Gasteiger partial charge in [-0.05, 0) is 26.3 Å². The molecule has 0 saturated carbocycles. The summed E-state index contributed by atoms with van der Waals surface area (Å²) in [5, 5.41) is 4.14. The van der Waals surface area contributed by atoms with Crippen LogP contribution >= 0.6 is 0 Å². The molecule has 0 bridgehead atoms. The average Bonchev–Trinajstić information content (AvgIpc) is 3.05. The van der Waals surface area contributed by atoms with Crippen LogP contribution in [-0.4, -0.2) is 52.3 Å². The Morgan fingerprint density at radius 1 is 1.61 bits per heavy atom. The summed E-state index contributed by atoms with van der Waals surface area (Å²) in [5.41, 5.74) is 0.666. The first-order chi connectivity index (χ1) is 8.78. The first-order valence-electron chi connectivity index (χ1n) is 6.70. The van der Waals surface area contributed by atoms with E-state index in [1.165, 1.54) is 12.8 Å². The summed E-state index contributed by atoms with van der Waals surface area (Å²) < 4.78 is 7.50. The highest BCUT2D eigenvalue weighted by atomic mass is 16.5. The van der Waals surface area contributed by atoms with Gasteiger partial charge in [0.25, 0.3) is 0 Å². The van der Waals surface area contributed by atoms with E-state index in [2.05, 4.69) is 10.00 Å². The lowest BCUT2D eigenvalue weighted by molar-refractivity contribution is -0.0344. The summed E-state index contributed by atoms with van der Waals surface area (Å²) >= 11 is 0. The minimum absolute atomic E-state index is 0.0695. The Morgan fingerprint density at radius 2 is 2.50 bits per heavy atom. The Labute approximate surface area is 107 Å². The monoisotopic (exact) mass is 249 g/mol. The minimum Gasteiger partial charge on any atom is -0.367 e. The third kappa shape index (κ3) is 2.08. The van der Waals surface area contributed by atoms with Gasteiger partial charge in [-0.15, -0.1) is 0 Å². The number of nitrogens with zero attached hydrogens (tertiary/aromatic N) is 3. The van der Waals surface area contributed by atoms with Crippen LogP contribution in [0.5, 0.6) is 0 Å². The molecule has 0 aromatic carbocycles. The zero-order chi connectivity index (χ0) is 12.5. The van der Waals surface area contributed by atoms with Crippen molar-refractivity contribution in [2.75, 3.05) is 19.7 Å². The number of carbonyl (C=O) groups is 1. The molecule has 0 aliphatic carbocycles. The van der Waals surface area contributed by atoms with E-state index in [0.29, 0.717) is 18.2 Å². The van der Waals surface area contributed by atoms with Gasteiger partial charge in [-0.1, -0.05) is 0 Å². The Balaban J connectivity index is 1.69. The number of rotatable bonds is 3. The van der Waals surface area contributed by atoms with E-state index in [1.807, 2.05) is 13.1 Å². The number of hydrogen-bond acceptors (Lipinski definition) is 4. The van der Waals surface area contributed by atoms with Crippen LogP contribution < -0.4 is 0 Å². The van der Waals surface area contributed by atoms with Crippen molar-refractivity contribution in [1.29, 1.82) is 0 Å². The third-order valence-electron chi connectivity index (χ3n) is 3.92. The Morgan fingerprint density at radius 3 is 3.28 bits per heavy atom. The molecule has 1 aromatic heterocycles. The molecule has 2 aliphatic heterocycles. The summed E-state index contributed by atoms with van der Waals surface area (Å²) in [7, 11) is 0. The highest BCUT2D eigenvalue weighted by molar-refractivity contribution is 5.99. The van der Waals surface area contributed by atoms with Crippen molar-refractivity contribution in [2.24, 2.45) is 0 Å². The molecule has 3 rings (SSSR count). The molecule has 2 unspecified atom stereocenters. The lowest BCUT2D eigenvalue weighted by Gasteiger charge is -2.34. The fourth-order valence-electron chi connectivity index (χ4n) is 2.83. The van der Waals surface area contributed by atoms with E-state index >= 15 is 0 Å². The molecule has 2 atom stereocenters. The molecule has 2 fully saturated rings. The van der Waals surface area contributed by atoms with E-state index in [4.69, 9.17) is 4.74 Å². The van der Waals surface area contributed by atoms with Crippen LogP contribution in [-0.2, 0) is 11.3 Å². The van der Waals surface area contributed by atoms with E-state index < -0.39 is 0 Å². The molecule has 0 radical (unpaired) electrons. The van der Waals surface area contributed by atoms with Gasteiger partial charge in [-0.2, -0.15) is 5.10 Å². The fourth-order valence-corrected chi connectivity index (χ4v) is 2.83. The van der Waals surface area contributed by atoms with Gasteiger partial charge in [0.05, 0.1) is 18.4 Å². The topological polar surface area (TPSA) is 47.4 Å². The first kappa shape index (κ1) is 11.9. The highest BCUT2D eigenvalue weighted by Gasteiger charge is 2.35. The predicted octanol–water partition coefficient (Wildman–Crippen LogP) is 0.949. The largest absolute Gasteiger partial charge is 0.367 e. The molecule has 3 heterocycles. The van der Waals surface area contributed by atoms with Gasteiger partial charge in [0.2, 0.25) is 0 Å². The molecule has 0 amide bonds. The molecule has 98 valence electrons. The maximum absolute atomic E-state index is 12.3. The van der Waals surface area contributed by atoms with Crippen molar-refractivity contribution in [2.45, 2.75) is 38.5 Å². The van der Waals surface area contributed by atoms with Gasteiger partial charge in [0.15, 0.2) is 5.78 Å². The second-order valence-electron chi connectivity index (χ2n) is 5.06. The Hall–Kier alpha value is -1.20. The summed E-state index contributed by atoms with van der Waals surface area (Å²) in [6, 6.07) is 0.535. The third-order valence-corrected chi connectivity index (χ3v) is 3.92. The summed E-state index contributed by atoms with van der Waals surface area (Å²) in [5.74, 6) is 0.0695. The molecule has 0 N–H and O–H groups in total. The van der Waals surface area contributed by atoms with Crippen LogP contribution in [0.3, 0.4) is 0 Å². The number of morpholine rings is 1. The number of fused-ring (bicyclic) bond motifs is 1. The van der Waals surface area contributed by atoms with Crippen molar-refractivity contribution in [3.63, 3.8) is 0 Å². The first-order valence-corrected chi connectivity index (χ1v) is 6.70. The van der Waals surface area contributed by atoms with Gasteiger partial charge >= 0.3 is 0 Å². The van der Waals surface area contributed by atoms with Gasteiger partial charge < -0.3 is 4.74 Å². The molecule has 2 aliphatic rings. The Bertz CT molecular complexity index is 443. The Kier molecular flexibility index (Phi) is 3.18. The molecule has 2 saturated heterocycles. The quantitative estimate of drug-likeness (QED) is 0.748. The van der Waals surface area contributed by atoms with Gasteiger partial charge in [-0.3, -0.25) is 14.4 Å². The number of aromatic nitrogens is 2. The SMILES string of the molecule is CCn1cc(C(=O)C2CN3CCCC3CO2)cn1. The number of ketones is 1. The molecular formula is C13H19N3O2. The maximum atomic E-state index is 12.3. The smallest absolute Gasteiger partial charge is 0.196 e. The molecule has 5 heteroatoms. The second-order valence-corrected chi connectivity index (χ2v) is 5.06. The number of Topliss-reactive ketones (excluding diaryl/α,β-unsaturated/α-hetero) is 1. The minimum atomic E-state index is -0.311. The molecule has 18 heavy (non-hydrogen) atoms. The summed E-state index contributed by atoms with van der Waals surface area (Å²) in [4.78, 5) is 14.7. The van der Waals surface area contributed by atoms with Crippen LogP contribution in [0.1, 0.15) is 30.1 Å². The van der Waals surface area contributed by atoms with E-state index in [1.54, 1.807) is 10.9 Å². The van der Waals surface area contributed by atoms with Crippen LogP contribution in [0.2, 0.25) is 0 Å². The fraction of sp³-hybridized carbons (Fsp3) is 0.692. The number of aryl methyl sites for hydroxylation is 1. The normalized spacial score (nSPS) is 28.3. The lowest BCUT2D eigenvalue weighted by Crippen LogP contribution is -2.49. The van der Waals surface area contributed by atoms with E-state index in [0.717, 1.165) is 19.6 Å². The van der Waals surface area contributed by atoms with E-state index in [-0.39, 0.29) is 11.9 Å². The van der Waals surface area contributed by atoms with Crippen molar-refractivity contribution in [3.8, 4) is 0 Å². The van der Waals surface area contributed by atoms with Crippen molar-refractivity contribution in [1.82, 2.24) is 14.7 Å². The van der Waals surface area contributed by atoms with Crippen molar-refractivity contribution >= 4 is 5.78 Å². The number of ether oxygens (including phenoxy) is 1. The zero-order valence-electron chi connectivity index (χ0n) is 10.7. The van der Waals surface area contributed by atoms with E-state index in [9.17, 15) is 4.79 Å².